The fourth-order valence-corrected chi connectivity index (χ4v) is 2.79. The standard InChI is InChI=1S/C11H11ClN2O2S/c12-11-13-9(8-2-4-17-10(8)14-11)16-6-7-1-3-15-5-7/h2,4,7H,1,3,5-6H2. The fourth-order valence-electron chi connectivity index (χ4n) is 1.83. The molecule has 17 heavy (non-hydrogen) atoms. The molecule has 4 nitrogen and oxygen atoms in total. The molecular formula is C11H11ClN2O2S. The summed E-state index contributed by atoms with van der Waals surface area (Å²) in [4.78, 5) is 9.14. The molecule has 3 rings (SSSR count). The van der Waals surface area contributed by atoms with E-state index in [-0.39, 0.29) is 5.28 Å². The number of aromatic nitrogens is 2. The number of halogens is 1. The summed E-state index contributed by atoms with van der Waals surface area (Å²) in [6.07, 6.45) is 1.05. The first kappa shape index (κ1) is 11.2. The quantitative estimate of drug-likeness (QED) is 0.805. The Kier molecular flexibility index (Phi) is 3.13. The van der Waals surface area contributed by atoms with Crippen molar-refractivity contribution in [3.05, 3.63) is 16.7 Å². The Balaban J connectivity index is 1.81. The monoisotopic (exact) mass is 270 g/mol. The van der Waals surface area contributed by atoms with E-state index in [1.807, 2.05) is 11.4 Å². The maximum Gasteiger partial charge on any atom is 0.227 e. The largest absolute Gasteiger partial charge is 0.477 e. The number of nitrogens with zero attached hydrogens (tertiary/aromatic N) is 2. The highest BCUT2D eigenvalue weighted by Crippen LogP contribution is 2.28. The Bertz CT molecular complexity index is 525. The van der Waals surface area contributed by atoms with Crippen LogP contribution in [0.15, 0.2) is 11.4 Å². The van der Waals surface area contributed by atoms with Crippen LogP contribution in [0, 0.1) is 5.92 Å². The second kappa shape index (κ2) is 4.76. The van der Waals surface area contributed by atoms with Crippen molar-refractivity contribution in [3.8, 4) is 5.88 Å². The maximum atomic E-state index is 5.86. The molecule has 1 aliphatic heterocycles. The van der Waals surface area contributed by atoms with Crippen molar-refractivity contribution in [3.63, 3.8) is 0 Å². The third kappa shape index (κ3) is 2.36. The molecule has 0 bridgehead atoms. The molecule has 1 aliphatic rings. The molecule has 1 fully saturated rings. The van der Waals surface area contributed by atoms with E-state index in [4.69, 9.17) is 21.1 Å². The molecule has 6 heteroatoms. The summed E-state index contributed by atoms with van der Waals surface area (Å²) in [6, 6.07) is 1.96. The molecule has 0 N–H and O–H groups in total. The molecule has 1 atom stereocenters. The molecule has 2 aromatic rings. The average Bonchev–Trinajstić information content (AvgIpc) is 2.95. The Morgan fingerprint density at radius 1 is 1.53 bits per heavy atom. The first-order valence-corrected chi connectivity index (χ1v) is 6.70. The van der Waals surface area contributed by atoms with E-state index in [1.165, 1.54) is 11.3 Å². The Hall–Kier alpha value is -0.910. The molecule has 0 radical (unpaired) electrons. The van der Waals surface area contributed by atoms with Gasteiger partial charge < -0.3 is 9.47 Å². The normalized spacial score (nSPS) is 19.9. The zero-order chi connectivity index (χ0) is 11.7. The van der Waals surface area contributed by atoms with Crippen molar-refractivity contribution in [2.24, 2.45) is 5.92 Å². The fraction of sp³-hybridized carbons (Fsp3) is 0.455. The Labute approximate surface area is 108 Å². The van der Waals surface area contributed by atoms with E-state index in [0.29, 0.717) is 18.4 Å². The van der Waals surface area contributed by atoms with E-state index >= 15 is 0 Å². The van der Waals surface area contributed by atoms with Crippen molar-refractivity contribution in [2.75, 3.05) is 19.8 Å². The number of thiophene rings is 1. The predicted octanol–water partition coefficient (Wildman–Crippen LogP) is 2.76. The van der Waals surface area contributed by atoms with Crippen molar-refractivity contribution in [2.45, 2.75) is 6.42 Å². The second-order valence-corrected chi connectivity index (χ2v) is 5.21. The van der Waals surface area contributed by atoms with Gasteiger partial charge in [-0.25, -0.2) is 4.98 Å². The van der Waals surface area contributed by atoms with Gasteiger partial charge in [-0.05, 0) is 29.5 Å². The van der Waals surface area contributed by atoms with Crippen molar-refractivity contribution < 1.29 is 9.47 Å². The van der Waals surface area contributed by atoms with E-state index in [2.05, 4.69) is 9.97 Å². The van der Waals surface area contributed by atoms with Gasteiger partial charge in [0.25, 0.3) is 0 Å². The van der Waals surface area contributed by atoms with E-state index in [1.54, 1.807) is 0 Å². The lowest BCUT2D eigenvalue weighted by molar-refractivity contribution is 0.166. The average molecular weight is 271 g/mol. The lowest BCUT2D eigenvalue weighted by Gasteiger charge is -2.10. The topological polar surface area (TPSA) is 44.2 Å². The van der Waals surface area contributed by atoms with Crippen molar-refractivity contribution in [1.82, 2.24) is 9.97 Å². The van der Waals surface area contributed by atoms with Crippen LogP contribution in [0.1, 0.15) is 6.42 Å². The molecule has 1 unspecified atom stereocenters. The van der Waals surface area contributed by atoms with Gasteiger partial charge >= 0.3 is 0 Å². The number of ether oxygens (including phenoxy) is 2. The molecule has 0 spiro atoms. The SMILES string of the molecule is Clc1nc(OCC2CCOC2)c2ccsc2n1. The number of rotatable bonds is 3. The maximum absolute atomic E-state index is 5.86. The lowest BCUT2D eigenvalue weighted by Crippen LogP contribution is -2.12. The van der Waals surface area contributed by atoms with Crippen molar-refractivity contribution in [1.29, 1.82) is 0 Å². The Morgan fingerprint density at radius 3 is 3.29 bits per heavy atom. The minimum absolute atomic E-state index is 0.234. The third-order valence-electron chi connectivity index (χ3n) is 2.74. The van der Waals surface area contributed by atoms with Gasteiger partial charge in [-0.15, -0.1) is 11.3 Å². The van der Waals surface area contributed by atoms with Crippen LogP contribution in [0.2, 0.25) is 5.28 Å². The van der Waals surface area contributed by atoms with E-state index in [0.717, 1.165) is 29.9 Å². The van der Waals surface area contributed by atoms with Crippen LogP contribution in [0.5, 0.6) is 5.88 Å². The minimum Gasteiger partial charge on any atom is -0.477 e. The number of hydrogen-bond acceptors (Lipinski definition) is 5. The predicted molar refractivity (Wildman–Crippen MR) is 66.8 cm³/mol. The highest BCUT2D eigenvalue weighted by molar-refractivity contribution is 7.16. The van der Waals surface area contributed by atoms with Gasteiger partial charge in [0.1, 0.15) is 4.83 Å². The van der Waals surface area contributed by atoms with Gasteiger partial charge in [-0.3, -0.25) is 0 Å². The van der Waals surface area contributed by atoms with Gasteiger partial charge in [-0.1, -0.05) is 0 Å². The van der Waals surface area contributed by atoms with Crippen LogP contribution in [0.25, 0.3) is 10.2 Å². The van der Waals surface area contributed by atoms with Crippen LogP contribution < -0.4 is 4.74 Å². The van der Waals surface area contributed by atoms with Gasteiger partial charge in [-0.2, -0.15) is 4.98 Å². The zero-order valence-electron chi connectivity index (χ0n) is 9.06. The summed E-state index contributed by atoms with van der Waals surface area (Å²) < 4.78 is 11.0. The molecule has 1 saturated heterocycles. The van der Waals surface area contributed by atoms with Crippen LogP contribution in [0.3, 0.4) is 0 Å². The summed E-state index contributed by atoms with van der Waals surface area (Å²) in [6.45, 7) is 2.22. The summed E-state index contributed by atoms with van der Waals surface area (Å²) in [5.74, 6) is 1.03. The van der Waals surface area contributed by atoms with Crippen molar-refractivity contribution >= 4 is 33.2 Å². The smallest absolute Gasteiger partial charge is 0.227 e. The highest BCUT2D eigenvalue weighted by Gasteiger charge is 2.17. The summed E-state index contributed by atoms with van der Waals surface area (Å²) in [5, 5.41) is 3.12. The summed E-state index contributed by atoms with van der Waals surface area (Å²) in [5.41, 5.74) is 0. The first-order chi connectivity index (χ1) is 8.33. The summed E-state index contributed by atoms with van der Waals surface area (Å²) >= 11 is 7.39. The molecule has 2 aromatic heterocycles. The molecular weight excluding hydrogens is 260 g/mol. The third-order valence-corrected chi connectivity index (χ3v) is 3.72. The molecule has 0 aromatic carbocycles. The minimum atomic E-state index is 0.234. The number of fused-ring (bicyclic) bond motifs is 1. The van der Waals surface area contributed by atoms with Gasteiger partial charge in [0.05, 0.1) is 18.6 Å². The number of hydrogen-bond donors (Lipinski definition) is 0. The van der Waals surface area contributed by atoms with Crippen LogP contribution in [-0.4, -0.2) is 29.8 Å². The second-order valence-electron chi connectivity index (χ2n) is 3.98. The van der Waals surface area contributed by atoms with Gasteiger partial charge in [0.2, 0.25) is 11.2 Å². The highest BCUT2D eigenvalue weighted by atomic mass is 35.5. The van der Waals surface area contributed by atoms with E-state index < -0.39 is 0 Å². The molecule has 0 aliphatic carbocycles. The lowest BCUT2D eigenvalue weighted by atomic mass is 10.1. The van der Waals surface area contributed by atoms with Crippen LogP contribution in [0.4, 0.5) is 0 Å². The molecule has 0 amide bonds. The first-order valence-electron chi connectivity index (χ1n) is 5.44. The molecule has 0 saturated carbocycles. The zero-order valence-corrected chi connectivity index (χ0v) is 10.6. The van der Waals surface area contributed by atoms with Gasteiger partial charge in [0, 0.05) is 12.5 Å². The van der Waals surface area contributed by atoms with Gasteiger partial charge in [0.15, 0.2) is 0 Å². The molecule has 90 valence electrons. The summed E-state index contributed by atoms with van der Waals surface area (Å²) in [7, 11) is 0. The van der Waals surface area contributed by atoms with Crippen LogP contribution >= 0.6 is 22.9 Å². The van der Waals surface area contributed by atoms with E-state index in [9.17, 15) is 0 Å². The van der Waals surface area contributed by atoms with Crippen LogP contribution in [-0.2, 0) is 4.74 Å². The Morgan fingerprint density at radius 2 is 2.47 bits per heavy atom. The molecule has 3 heterocycles.